The Morgan fingerprint density at radius 3 is 2.70 bits per heavy atom. The second kappa shape index (κ2) is 8.20. The Morgan fingerprint density at radius 2 is 2.17 bits per heavy atom. The maximum absolute atomic E-state index is 12.9. The van der Waals surface area contributed by atoms with E-state index in [2.05, 4.69) is 15.5 Å². The van der Waals surface area contributed by atoms with Crippen LogP contribution in [0, 0.1) is 6.92 Å². The number of nitrogens with one attached hydrogen (secondary N) is 1. The average Bonchev–Trinajstić information content (AvgIpc) is 3.06. The molecule has 12 nitrogen and oxygen atoms in total. The van der Waals surface area contributed by atoms with Crippen molar-refractivity contribution in [2.24, 2.45) is 0 Å². The van der Waals surface area contributed by atoms with E-state index in [1.54, 1.807) is 6.92 Å². The number of hydrogen-bond acceptors (Lipinski definition) is 11. The summed E-state index contributed by atoms with van der Waals surface area (Å²) in [5.74, 6) is -3.03. The molecule has 0 aromatic carbocycles. The second-order valence-electron chi connectivity index (χ2n) is 6.53. The summed E-state index contributed by atoms with van der Waals surface area (Å²) in [6.07, 6.45) is 0.885. The maximum atomic E-state index is 12.9. The molecule has 2 aliphatic rings. The van der Waals surface area contributed by atoms with Gasteiger partial charge in [-0.3, -0.25) is 14.5 Å². The number of aromatic nitrogens is 2. The summed E-state index contributed by atoms with van der Waals surface area (Å²) < 4.78 is 33.2. The van der Waals surface area contributed by atoms with Crippen molar-refractivity contribution < 1.29 is 37.1 Å². The molecule has 2 N–H and O–H groups in total. The number of β-lactam (4-membered cyclic amide) rings is 1. The van der Waals surface area contributed by atoms with Crippen LogP contribution in [-0.2, 0) is 29.0 Å². The number of ether oxygens (including phenoxy) is 1. The van der Waals surface area contributed by atoms with Crippen molar-refractivity contribution in [1.29, 1.82) is 0 Å². The van der Waals surface area contributed by atoms with Crippen molar-refractivity contribution in [3.63, 3.8) is 0 Å². The summed E-state index contributed by atoms with van der Waals surface area (Å²) >= 11 is 2.33. The highest BCUT2D eigenvalue weighted by Crippen LogP contribution is 2.47. The average molecular weight is 479 g/mol. The van der Waals surface area contributed by atoms with Crippen LogP contribution in [0.4, 0.5) is 0 Å². The van der Waals surface area contributed by atoms with Gasteiger partial charge in [-0.25, -0.2) is 13.2 Å². The van der Waals surface area contributed by atoms with Crippen LogP contribution in [-0.4, -0.2) is 88.1 Å². The van der Waals surface area contributed by atoms with Crippen molar-refractivity contribution in [2.75, 3.05) is 30.6 Å². The first-order chi connectivity index (χ1) is 14.0. The Balaban J connectivity index is 1.82. The van der Waals surface area contributed by atoms with Gasteiger partial charge >= 0.3 is 5.97 Å². The maximum Gasteiger partial charge on any atom is 0.352 e. The van der Waals surface area contributed by atoms with Crippen molar-refractivity contribution >= 4 is 51.1 Å². The number of sulfone groups is 1. The second-order valence-corrected chi connectivity index (χ2v) is 10.7. The molecular formula is C15H18N4O8S3. The highest BCUT2D eigenvalue weighted by Gasteiger charge is 2.66. The minimum absolute atomic E-state index is 0.202. The van der Waals surface area contributed by atoms with Crippen molar-refractivity contribution in [1.82, 2.24) is 20.4 Å². The Hall–Kier alpha value is -2.10. The zero-order chi connectivity index (χ0) is 22.3. The SMILES string of the molecule is CO[C@@]1(NC(=O)CS(C)(=O)=O)C(=O)N2C(C(=O)O)=C(CSc3nnc(C)o3)CS[C@@H]21. The van der Waals surface area contributed by atoms with E-state index in [0.717, 1.165) is 22.9 Å². The van der Waals surface area contributed by atoms with Gasteiger partial charge in [0.1, 0.15) is 16.8 Å². The molecule has 1 aromatic heterocycles. The molecule has 1 aromatic rings. The number of amides is 2. The van der Waals surface area contributed by atoms with E-state index in [-0.39, 0.29) is 22.4 Å². The normalized spacial score (nSPS) is 23.8. The number of thioether (sulfide) groups is 2. The van der Waals surface area contributed by atoms with E-state index in [0.29, 0.717) is 11.5 Å². The van der Waals surface area contributed by atoms with Crippen LogP contribution in [0.25, 0.3) is 0 Å². The molecule has 0 bridgehead atoms. The molecule has 0 aliphatic carbocycles. The van der Waals surface area contributed by atoms with Gasteiger partial charge in [-0.05, 0) is 5.57 Å². The molecule has 0 radical (unpaired) electrons. The summed E-state index contributed by atoms with van der Waals surface area (Å²) in [6, 6.07) is 0. The predicted octanol–water partition coefficient (Wildman–Crippen LogP) is -0.773. The van der Waals surface area contributed by atoms with E-state index in [1.165, 1.54) is 18.9 Å². The van der Waals surface area contributed by atoms with Crippen molar-refractivity contribution in [2.45, 2.75) is 23.2 Å². The van der Waals surface area contributed by atoms with Crippen LogP contribution in [0.2, 0.25) is 0 Å². The number of hydrogen-bond donors (Lipinski definition) is 2. The molecule has 3 heterocycles. The van der Waals surface area contributed by atoms with E-state index in [4.69, 9.17) is 9.15 Å². The molecule has 30 heavy (non-hydrogen) atoms. The number of nitrogens with zero attached hydrogens (tertiary/aromatic N) is 3. The van der Waals surface area contributed by atoms with E-state index in [1.807, 2.05) is 0 Å². The minimum Gasteiger partial charge on any atom is -0.477 e. The third-order valence-corrected chi connectivity index (χ3v) is 7.30. The predicted molar refractivity (Wildman–Crippen MR) is 105 cm³/mol. The quantitative estimate of drug-likeness (QED) is 0.272. The van der Waals surface area contributed by atoms with Gasteiger partial charge in [-0.2, -0.15) is 0 Å². The molecule has 164 valence electrons. The Morgan fingerprint density at radius 1 is 1.47 bits per heavy atom. The monoisotopic (exact) mass is 478 g/mol. The molecule has 0 saturated carbocycles. The topological polar surface area (TPSA) is 169 Å². The lowest BCUT2D eigenvalue weighted by molar-refractivity contribution is -0.192. The minimum atomic E-state index is -3.63. The zero-order valence-corrected chi connectivity index (χ0v) is 18.5. The van der Waals surface area contributed by atoms with Crippen LogP contribution in [0.5, 0.6) is 0 Å². The number of carbonyl (C=O) groups is 3. The summed E-state index contributed by atoms with van der Waals surface area (Å²) in [5, 5.41) is 19.0. The Bertz CT molecular complexity index is 1040. The van der Waals surface area contributed by atoms with Crippen molar-refractivity contribution in [3.8, 4) is 0 Å². The van der Waals surface area contributed by atoms with Gasteiger partial charge in [0.25, 0.3) is 16.9 Å². The fourth-order valence-electron chi connectivity index (χ4n) is 3.02. The molecule has 2 amide bonds. The van der Waals surface area contributed by atoms with Crippen LogP contribution in [0.15, 0.2) is 20.9 Å². The highest BCUT2D eigenvalue weighted by molar-refractivity contribution is 8.01. The molecule has 3 rings (SSSR count). The van der Waals surface area contributed by atoms with Gasteiger partial charge in [-0.15, -0.1) is 22.0 Å². The number of aliphatic carboxylic acids is 1. The number of aryl methyl sites for hydroxylation is 1. The standard InChI is InChI=1S/C15H18N4O8S3/c1-7-17-18-14(27-7)29-5-8-4-28-13-15(26-2,16-9(20)6-30(3,24)25)12(23)19(13)10(8)11(21)22/h13H,4-6H2,1-3H3,(H,16,20)(H,21,22)/t13-,15+/m1/s1. The van der Waals surface area contributed by atoms with Gasteiger partial charge in [0.05, 0.1) is 0 Å². The van der Waals surface area contributed by atoms with Crippen molar-refractivity contribution in [3.05, 3.63) is 17.2 Å². The summed E-state index contributed by atoms with van der Waals surface area (Å²) in [4.78, 5) is 37.9. The molecule has 15 heteroatoms. The molecule has 0 unspecified atom stereocenters. The number of carbonyl (C=O) groups excluding carboxylic acids is 2. The van der Waals surface area contributed by atoms with E-state index >= 15 is 0 Å². The molecule has 1 fully saturated rings. The fourth-order valence-corrected chi connectivity index (χ4v) is 5.95. The van der Waals surface area contributed by atoms with Crippen LogP contribution in [0.1, 0.15) is 5.89 Å². The molecule has 0 spiro atoms. The lowest BCUT2D eigenvalue weighted by Crippen LogP contribution is -2.81. The summed E-state index contributed by atoms with van der Waals surface area (Å²) in [5.41, 5.74) is -1.59. The third kappa shape index (κ3) is 4.19. The van der Waals surface area contributed by atoms with E-state index in [9.17, 15) is 27.9 Å². The smallest absolute Gasteiger partial charge is 0.352 e. The van der Waals surface area contributed by atoms with Gasteiger partial charge in [0, 0.05) is 31.8 Å². The van der Waals surface area contributed by atoms with Gasteiger partial charge in [-0.1, -0.05) is 11.8 Å². The fraction of sp³-hybridized carbons (Fsp3) is 0.533. The number of fused-ring (bicyclic) bond motifs is 1. The van der Waals surface area contributed by atoms with Crippen LogP contribution < -0.4 is 5.32 Å². The number of carboxylic acid groups (broad SMARTS) is 1. The van der Waals surface area contributed by atoms with E-state index < -0.39 is 44.5 Å². The third-order valence-electron chi connectivity index (χ3n) is 4.23. The first-order valence-corrected chi connectivity index (χ1v) is 12.5. The van der Waals surface area contributed by atoms with Gasteiger partial charge < -0.3 is 19.6 Å². The Kier molecular flexibility index (Phi) is 6.18. The number of rotatable bonds is 8. The van der Waals surface area contributed by atoms with Gasteiger partial charge in [0.2, 0.25) is 11.8 Å². The molecule has 1 saturated heterocycles. The van der Waals surface area contributed by atoms with Gasteiger partial charge in [0.15, 0.2) is 9.84 Å². The van der Waals surface area contributed by atoms with Crippen LogP contribution in [0.3, 0.4) is 0 Å². The summed E-state index contributed by atoms with van der Waals surface area (Å²) in [7, 11) is -2.44. The number of methoxy groups -OCH3 is 1. The lowest BCUT2D eigenvalue weighted by atomic mass is 9.98. The lowest BCUT2D eigenvalue weighted by Gasteiger charge is -2.55. The number of carboxylic acids is 1. The Labute approximate surface area is 179 Å². The highest BCUT2D eigenvalue weighted by atomic mass is 32.2. The molecular weight excluding hydrogens is 460 g/mol. The summed E-state index contributed by atoms with van der Waals surface area (Å²) in [6.45, 7) is 1.63. The van der Waals surface area contributed by atoms with Crippen LogP contribution >= 0.6 is 23.5 Å². The first kappa shape index (κ1) is 22.6. The largest absolute Gasteiger partial charge is 0.477 e. The molecule has 2 atom stereocenters. The zero-order valence-electron chi connectivity index (χ0n) is 16.1. The first-order valence-electron chi connectivity index (χ1n) is 8.36. The molecule has 2 aliphatic heterocycles.